The summed E-state index contributed by atoms with van der Waals surface area (Å²) in [5.41, 5.74) is 8.72. The van der Waals surface area contributed by atoms with Gasteiger partial charge in [0.1, 0.15) is 11.6 Å². The molecule has 0 aliphatic carbocycles. The monoisotopic (exact) mass is 834 g/mol. The number of amides is 4. The van der Waals surface area contributed by atoms with Crippen LogP contribution in [0.25, 0.3) is 23.3 Å². The molecule has 3 N–H and O–H groups in total. The quantitative estimate of drug-likeness (QED) is 0.125. The Kier molecular flexibility index (Phi) is 13.6. The van der Waals surface area contributed by atoms with E-state index in [2.05, 4.69) is 26.7 Å². The Bertz CT molecular complexity index is 2520. The Morgan fingerprint density at radius 3 is 1.52 bits per heavy atom. The summed E-state index contributed by atoms with van der Waals surface area (Å²) in [6.45, 7) is 4.41. The van der Waals surface area contributed by atoms with Crippen LogP contribution in [0.5, 0.6) is 0 Å². The van der Waals surface area contributed by atoms with Crippen LogP contribution in [0.15, 0.2) is 97.4 Å². The second kappa shape index (κ2) is 19.7. The predicted octanol–water partition coefficient (Wildman–Crippen LogP) is 6.47. The van der Waals surface area contributed by atoms with Crippen LogP contribution in [0, 0.1) is 0 Å². The van der Waals surface area contributed by atoms with Gasteiger partial charge >= 0.3 is 11.9 Å². The fraction of sp³-hybridized carbons (Fsp3) is 0.250. The normalized spacial score (nSPS) is 15.9. The van der Waals surface area contributed by atoms with Crippen molar-refractivity contribution in [3.8, 4) is 0 Å². The lowest BCUT2D eigenvalue weighted by atomic mass is 9.98. The molecule has 0 spiro atoms. The first-order chi connectivity index (χ1) is 30.0. The van der Waals surface area contributed by atoms with Gasteiger partial charge in [0.05, 0.1) is 17.7 Å². The van der Waals surface area contributed by atoms with E-state index in [0.717, 1.165) is 50.9 Å². The average molecular weight is 835 g/mol. The maximum absolute atomic E-state index is 12.6. The summed E-state index contributed by atoms with van der Waals surface area (Å²) in [5, 5.41) is 14.5. The van der Waals surface area contributed by atoms with Crippen LogP contribution < -0.4 is 10.6 Å². The first kappa shape index (κ1) is 42.6. The summed E-state index contributed by atoms with van der Waals surface area (Å²) in [5.74, 6) is -0.226. The molecular weight excluding hydrogens is 789 g/mol. The van der Waals surface area contributed by atoms with Crippen molar-refractivity contribution < 1.29 is 38.6 Å². The van der Waals surface area contributed by atoms with Crippen molar-refractivity contribution in [2.75, 3.05) is 43.4 Å². The van der Waals surface area contributed by atoms with Gasteiger partial charge in [0.25, 0.3) is 0 Å². The number of nitrogens with zero attached hydrogens (tertiary/aromatic N) is 4. The number of benzene rings is 2. The molecule has 0 saturated heterocycles. The van der Waals surface area contributed by atoms with Gasteiger partial charge in [-0.05, 0) is 126 Å². The summed E-state index contributed by atoms with van der Waals surface area (Å²) >= 11 is 0. The molecule has 14 heteroatoms. The van der Waals surface area contributed by atoms with E-state index in [-0.39, 0.29) is 35.2 Å². The molecule has 0 atom stereocenters. The lowest BCUT2D eigenvalue weighted by Gasteiger charge is -2.25. The summed E-state index contributed by atoms with van der Waals surface area (Å²) in [7, 11) is 0. The molecule has 14 nitrogen and oxygen atoms in total. The smallest absolute Gasteiger partial charge is 0.338 e. The SMILES string of the molecule is CCOC(=O)c1ccc(C2=CCN(C(=O)/C=C/c3cnc4c(c3)CCC(=O)N4)CC2)cc1.O=C1CCc2cc(/C=C/C(=O)N3CC=C(c4ccc(C(=O)O)cc4)CC3)cnc2N1. The summed E-state index contributed by atoms with van der Waals surface area (Å²) in [4.78, 5) is 82.9. The average Bonchev–Trinajstić information content (AvgIpc) is 3.30. The molecule has 62 heavy (non-hydrogen) atoms. The van der Waals surface area contributed by atoms with Crippen LogP contribution in [-0.2, 0) is 36.8 Å². The number of rotatable bonds is 9. The second-order valence-corrected chi connectivity index (χ2v) is 15.0. The number of aryl methyl sites for hydroxylation is 2. The highest BCUT2D eigenvalue weighted by molar-refractivity contribution is 5.96. The Morgan fingerprint density at radius 1 is 0.661 bits per heavy atom. The van der Waals surface area contributed by atoms with Gasteiger partial charge in [-0.3, -0.25) is 19.2 Å². The Labute approximate surface area is 358 Å². The number of carboxylic acids is 1. The van der Waals surface area contributed by atoms with Crippen LogP contribution in [0.2, 0.25) is 0 Å². The highest BCUT2D eigenvalue weighted by Crippen LogP contribution is 2.26. The van der Waals surface area contributed by atoms with Gasteiger partial charge in [0.15, 0.2) is 0 Å². The van der Waals surface area contributed by atoms with E-state index in [0.29, 0.717) is 82.1 Å². The molecule has 0 saturated carbocycles. The minimum atomic E-state index is -0.943. The third-order valence-corrected chi connectivity index (χ3v) is 10.9. The summed E-state index contributed by atoms with van der Waals surface area (Å²) < 4.78 is 5.02. The van der Waals surface area contributed by atoms with Crippen molar-refractivity contribution >= 4 is 70.5 Å². The molecule has 4 amide bonds. The van der Waals surface area contributed by atoms with Crippen molar-refractivity contribution in [2.45, 2.75) is 45.4 Å². The fourth-order valence-corrected chi connectivity index (χ4v) is 7.40. The number of anilines is 2. The lowest BCUT2D eigenvalue weighted by Crippen LogP contribution is -2.33. The number of ether oxygens (including phenoxy) is 1. The van der Waals surface area contributed by atoms with E-state index in [4.69, 9.17) is 9.84 Å². The maximum atomic E-state index is 12.6. The Hall–Kier alpha value is -7.48. The van der Waals surface area contributed by atoms with Crippen LogP contribution >= 0.6 is 0 Å². The zero-order valence-electron chi connectivity index (χ0n) is 34.3. The lowest BCUT2D eigenvalue weighted by molar-refractivity contribution is -0.126. The number of aromatic nitrogens is 2. The number of carbonyl (C=O) groups is 6. The molecule has 8 rings (SSSR count). The topological polar surface area (TPSA) is 188 Å². The van der Waals surface area contributed by atoms with Gasteiger partial charge in [-0.2, -0.15) is 0 Å². The minimum absolute atomic E-state index is 0.0177. The number of hydrogen-bond donors (Lipinski definition) is 3. The molecule has 4 aliphatic rings. The van der Waals surface area contributed by atoms with Crippen molar-refractivity contribution in [2.24, 2.45) is 0 Å². The number of nitrogens with one attached hydrogen (secondary N) is 2. The van der Waals surface area contributed by atoms with Crippen molar-refractivity contribution in [3.63, 3.8) is 0 Å². The van der Waals surface area contributed by atoms with Crippen molar-refractivity contribution in [1.82, 2.24) is 19.8 Å². The number of carbonyl (C=O) groups excluding carboxylic acids is 5. The second-order valence-electron chi connectivity index (χ2n) is 15.0. The highest BCUT2D eigenvalue weighted by atomic mass is 16.5. The van der Waals surface area contributed by atoms with Gasteiger partial charge in [0, 0.05) is 63.6 Å². The van der Waals surface area contributed by atoms with E-state index >= 15 is 0 Å². The van der Waals surface area contributed by atoms with Gasteiger partial charge in [-0.1, -0.05) is 36.4 Å². The Morgan fingerprint density at radius 2 is 1.11 bits per heavy atom. The van der Waals surface area contributed by atoms with Crippen molar-refractivity contribution in [1.29, 1.82) is 0 Å². The number of carboxylic acid groups (broad SMARTS) is 1. The van der Waals surface area contributed by atoms with E-state index in [1.165, 1.54) is 0 Å². The molecule has 0 bridgehead atoms. The molecule has 316 valence electrons. The van der Waals surface area contributed by atoms with Crippen LogP contribution in [0.4, 0.5) is 11.6 Å². The van der Waals surface area contributed by atoms with Crippen LogP contribution in [0.3, 0.4) is 0 Å². The van der Waals surface area contributed by atoms with Gasteiger partial charge in [-0.15, -0.1) is 0 Å². The molecular formula is C48H46N6O8. The van der Waals surface area contributed by atoms with Crippen LogP contribution in [0.1, 0.15) is 86.7 Å². The highest BCUT2D eigenvalue weighted by Gasteiger charge is 2.20. The maximum Gasteiger partial charge on any atom is 0.338 e. The molecule has 0 fully saturated rings. The van der Waals surface area contributed by atoms with E-state index in [9.17, 15) is 28.8 Å². The summed E-state index contributed by atoms with van der Waals surface area (Å²) in [6.07, 6.45) is 17.7. The van der Waals surface area contributed by atoms with E-state index < -0.39 is 5.97 Å². The molecule has 2 aromatic heterocycles. The number of esters is 1. The van der Waals surface area contributed by atoms with Gasteiger partial charge < -0.3 is 30.3 Å². The molecule has 2 aromatic carbocycles. The van der Waals surface area contributed by atoms with E-state index in [1.807, 2.05) is 30.3 Å². The predicted molar refractivity (Wildman–Crippen MR) is 235 cm³/mol. The van der Waals surface area contributed by atoms with Crippen LogP contribution in [-0.4, -0.2) is 93.2 Å². The largest absolute Gasteiger partial charge is 0.478 e. The third kappa shape index (κ3) is 10.8. The number of pyridine rings is 2. The number of aromatic carboxylic acids is 1. The number of hydrogen-bond acceptors (Lipinski definition) is 9. The Balaban J connectivity index is 0.000000187. The third-order valence-electron chi connectivity index (χ3n) is 10.9. The van der Waals surface area contributed by atoms with E-state index in [1.54, 1.807) is 89.8 Å². The van der Waals surface area contributed by atoms with Crippen molar-refractivity contribution in [3.05, 3.63) is 142 Å². The molecule has 4 aliphatic heterocycles. The first-order valence-corrected chi connectivity index (χ1v) is 20.5. The first-order valence-electron chi connectivity index (χ1n) is 20.5. The molecule has 4 aromatic rings. The molecule has 0 unspecified atom stereocenters. The standard InChI is InChI=1S/C25H25N3O4.C23H21N3O4/c1-2-32-25(31)20-6-4-18(5-7-20)19-11-13-28(14-12-19)23(30)10-3-17-15-21-8-9-22(29)27-24(21)26-16-17;27-20-7-6-19-13-15(14-24-22(19)25-20)1-8-21(28)26-11-9-17(10-12-26)16-2-4-18(5-3-16)23(29)30/h3-7,10-11,15-16H,2,8-9,12-14H2,1H3,(H,26,27,29);1-5,8-9,13-14H,6-7,10-12H2,(H,29,30)(H,24,25,27)/b10-3+;8-1+. The zero-order chi connectivity index (χ0) is 43.6. The fourth-order valence-electron chi connectivity index (χ4n) is 7.40. The van der Waals surface area contributed by atoms with Gasteiger partial charge in [0.2, 0.25) is 23.6 Å². The summed E-state index contributed by atoms with van der Waals surface area (Å²) in [6, 6.07) is 18.1. The molecule has 0 radical (unpaired) electrons. The minimum Gasteiger partial charge on any atom is -0.478 e. The van der Waals surface area contributed by atoms with Gasteiger partial charge in [-0.25, -0.2) is 19.6 Å². The zero-order valence-corrected chi connectivity index (χ0v) is 34.3. The number of fused-ring (bicyclic) bond motifs is 2. The molecule has 6 heterocycles.